The summed E-state index contributed by atoms with van der Waals surface area (Å²) in [4.78, 5) is 21.1. The van der Waals surface area contributed by atoms with Crippen LogP contribution in [0.4, 0.5) is 5.69 Å². The van der Waals surface area contributed by atoms with Gasteiger partial charge in [-0.15, -0.1) is 0 Å². The smallest absolute Gasteiger partial charge is 0.291 e. The third-order valence-electron chi connectivity index (χ3n) is 4.54. The van der Waals surface area contributed by atoms with E-state index >= 15 is 0 Å². The van der Waals surface area contributed by atoms with Crippen molar-refractivity contribution in [2.24, 2.45) is 0 Å². The number of hydrogen-bond acceptors (Lipinski definition) is 5. The summed E-state index contributed by atoms with van der Waals surface area (Å²) in [6, 6.07) is 19.9. The molecular formula is C23H14ClN3O3. The molecule has 0 fully saturated rings. The molecule has 0 aliphatic rings. The first kappa shape index (κ1) is 18.1. The normalized spacial score (nSPS) is 11.0. The number of hydrogen-bond donors (Lipinski definition) is 1. The quantitative estimate of drug-likeness (QED) is 0.386. The van der Waals surface area contributed by atoms with Gasteiger partial charge in [-0.25, -0.2) is 4.98 Å². The van der Waals surface area contributed by atoms with Gasteiger partial charge in [-0.3, -0.25) is 4.79 Å². The number of oxazole rings is 1. The van der Waals surface area contributed by atoms with Crippen molar-refractivity contribution in [1.29, 1.82) is 0 Å². The van der Waals surface area contributed by atoms with Crippen molar-refractivity contribution in [2.45, 2.75) is 0 Å². The third kappa shape index (κ3) is 3.56. The van der Waals surface area contributed by atoms with Crippen molar-refractivity contribution < 1.29 is 13.6 Å². The fourth-order valence-electron chi connectivity index (χ4n) is 3.07. The SMILES string of the molecule is O=C(Nc1cccc(-c2nc3ncc(-c4ccc(Cl)cc4)cc3o2)c1)c1ccco1. The number of fused-ring (bicyclic) bond motifs is 1. The summed E-state index contributed by atoms with van der Waals surface area (Å²) < 4.78 is 11.1. The summed E-state index contributed by atoms with van der Waals surface area (Å²) in [7, 11) is 0. The topological polar surface area (TPSA) is 81.2 Å². The van der Waals surface area contributed by atoms with Crippen LogP contribution in [0, 0.1) is 0 Å². The molecule has 146 valence electrons. The minimum Gasteiger partial charge on any atom is -0.459 e. The van der Waals surface area contributed by atoms with Gasteiger partial charge in [0.05, 0.1) is 6.26 Å². The molecule has 7 heteroatoms. The molecular weight excluding hydrogens is 402 g/mol. The number of pyridine rings is 1. The number of aromatic nitrogens is 2. The lowest BCUT2D eigenvalue weighted by Gasteiger charge is -2.04. The molecule has 30 heavy (non-hydrogen) atoms. The molecule has 0 aliphatic carbocycles. The van der Waals surface area contributed by atoms with Crippen LogP contribution in [-0.2, 0) is 0 Å². The van der Waals surface area contributed by atoms with Crippen LogP contribution < -0.4 is 5.32 Å². The Kier molecular flexibility index (Phi) is 4.53. The number of anilines is 1. The Bertz CT molecular complexity index is 1340. The molecule has 0 radical (unpaired) electrons. The molecule has 1 amide bonds. The molecule has 5 rings (SSSR count). The minimum atomic E-state index is -0.330. The van der Waals surface area contributed by atoms with E-state index in [9.17, 15) is 4.79 Å². The van der Waals surface area contributed by atoms with Gasteiger partial charge in [0.2, 0.25) is 5.89 Å². The van der Waals surface area contributed by atoms with Crippen molar-refractivity contribution in [1.82, 2.24) is 9.97 Å². The van der Waals surface area contributed by atoms with E-state index in [1.54, 1.807) is 30.5 Å². The van der Waals surface area contributed by atoms with E-state index in [-0.39, 0.29) is 11.7 Å². The monoisotopic (exact) mass is 415 g/mol. The van der Waals surface area contributed by atoms with E-state index in [2.05, 4.69) is 15.3 Å². The van der Waals surface area contributed by atoms with Crippen LogP contribution in [0.5, 0.6) is 0 Å². The number of nitrogens with one attached hydrogen (secondary N) is 1. The first-order valence-corrected chi connectivity index (χ1v) is 9.51. The summed E-state index contributed by atoms with van der Waals surface area (Å²) in [5.74, 6) is 0.324. The fraction of sp³-hybridized carbons (Fsp3) is 0. The molecule has 0 spiro atoms. The van der Waals surface area contributed by atoms with Crippen LogP contribution in [-0.4, -0.2) is 15.9 Å². The standard InChI is InChI=1S/C23H14ClN3O3/c24-17-8-6-14(7-9-17)16-12-20-21(25-13-16)27-23(30-20)15-3-1-4-18(11-15)26-22(28)19-5-2-10-29-19/h1-13H,(H,26,28). The molecule has 3 heterocycles. The van der Waals surface area contributed by atoms with E-state index < -0.39 is 0 Å². The number of benzene rings is 2. The number of rotatable bonds is 4. The first-order valence-electron chi connectivity index (χ1n) is 9.13. The predicted molar refractivity (Wildman–Crippen MR) is 114 cm³/mol. The van der Waals surface area contributed by atoms with Gasteiger partial charge < -0.3 is 14.2 Å². The Labute approximate surface area is 176 Å². The van der Waals surface area contributed by atoms with E-state index in [0.29, 0.717) is 27.8 Å². The highest BCUT2D eigenvalue weighted by atomic mass is 35.5. The molecule has 0 unspecified atom stereocenters. The zero-order valence-electron chi connectivity index (χ0n) is 15.5. The van der Waals surface area contributed by atoms with Crippen LogP contribution in [0.1, 0.15) is 10.6 Å². The van der Waals surface area contributed by atoms with Gasteiger partial charge in [0.1, 0.15) is 0 Å². The number of amides is 1. The maximum absolute atomic E-state index is 12.2. The highest BCUT2D eigenvalue weighted by Crippen LogP contribution is 2.29. The van der Waals surface area contributed by atoms with E-state index in [1.807, 2.05) is 42.5 Å². The van der Waals surface area contributed by atoms with E-state index in [1.165, 1.54) is 6.26 Å². The molecule has 0 bridgehead atoms. The van der Waals surface area contributed by atoms with Gasteiger partial charge in [0, 0.05) is 28.0 Å². The Morgan fingerprint density at radius 3 is 2.60 bits per heavy atom. The maximum Gasteiger partial charge on any atom is 0.291 e. The van der Waals surface area contributed by atoms with Gasteiger partial charge in [0.25, 0.3) is 5.91 Å². The maximum atomic E-state index is 12.2. The molecule has 0 saturated heterocycles. The van der Waals surface area contributed by atoms with Crippen molar-refractivity contribution in [3.63, 3.8) is 0 Å². The Morgan fingerprint density at radius 1 is 0.933 bits per heavy atom. The zero-order chi connectivity index (χ0) is 20.5. The summed E-state index contributed by atoms with van der Waals surface area (Å²) in [6.07, 6.45) is 3.20. The molecule has 2 aromatic carbocycles. The van der Waals surface area contributed by atoms with Gasteiger partial charge >= 0.3 is 0 Å². The van der Waals surface area contributed by atoms with Crippen molar-refractivity contribution in [3.05, 3.63) is 90.0 Å². The van der Waals surface area contributed by atoms with Gasteiger partial charge in [-0.2, -0.15) is 4.98 Å². The fourth-order valence-corrected chi connectivity index (χ4v) is 3.20. The van der Waals surface area contributed by atoms with E-state index in [0.717, 1.165) is 16.7 Å². The Balaban J connectivity index is 1.44. The third-order valence-corrected chi connectivity index (χ3v) is 4.79. The van der Waals surface area contributed by atoms with Gasteiger partial charge in [0.15, 0.2) is 17.0 Å². The summed E-state index contributed by atoms with van der Waals surface area (Å²) in [5, 5.41) is 3.47. The summed E-state index contributed by atoms with van der Waals surface area (Å²) in [6.45, 7) is 0. The molecule has 0 saturated carbocycles. The number of furan rings is 1. The van der Waals surface area contributed by atoms with Crippen molar-refractivity contribution >= 4 is 34.4 Å². The zero-order valence-corrected chi connectivity index (χ0v) is 16.3. The minimum absolute atomic E-state index is 0.237. The summed E-state index contributed by atoms with van der Waals surface area (Å²) in [5.41, 5.74) is 4.29. The summed E-state index contributed by atoms with van der Waals surface area (Å²) >= 11 is 5.96. The number of nitrogens with zero attached hydrogens (tertiary/aromatic N) is 2. The van der Waals surface area contributed by atoms with E-state index in [4.69, 9.17) is 20.4 Å². The number of carbonyl (C=O) groups excluding carboxylic acids is 1. The second kappa shape index (κ2) is 7.50. The number of halogens is 1. The number of carbonyl (C=O) groups is 1. The molecule has 0 atom stereocenters. The largest absolute Gasteiger partial charge is 0.459 e. The van der Waals surface area contributed by atoms with Crippen molar-refractivity contribution in [3.8, 4) is 22.6 Å². The predicted octanol–water partition coefficient (Wildman–Crippen LogP) is 6.06. The second-order valence-corrected chi connectivity index (χ2v) is 7.02. The average Bonchev–Trinajstić information content (AvgIpc) is 3.44. The van der Waals surface area contributed by atoms with Gasteiger partial charge in [-0.05, 0) is 54.1 Å². The second-order valence-electron chi connectivity index (χ2n) is 6.58. The molecule has 5 aromatic rings. The first-order chi connectivity index (χ1) is 14.7. The highest BCUT2D eigenvalue weighted by molar-refractivity contribution is 6.30. The van der Waals surface area contributed by atoms with Crippen molar-refractivity contribution in [2.75, 3.05) is 5.32 Å². The van der Waals surface area contributed by atoms with Crippen LogP contribution in [0.15, 0.2) is 88.0 Å². The Hall–Kier alpha value is -3.90. The van der Waals surface area contributed by atoms with Crippen LogP contribution in [0.3, 0.4) is 0 Å². The molecule has 1 N–H and O–H groups in total. The van der Waals surface area contributed by atoms with Gasteiger partial charge in [-0.1, -0.05) is 29.8 Å². The lowest BCUT2D eigenvalue weighted by Crippen LogP contribution is -2.10. The van der Waals surface area contributed by atoms with Crippen LogP contribution >= 0.6 is 11.6 Å². The lowest BCUT2D eigenvalue weighted by molar-refractivity contribution is 0.0996. The molecule has 3 aromatic heterocycles. The highest BCUT2D eigenvalue weighted by Gasteiger charge is 2.13. The average molecular weight is 416 g/mol. The van der Waals surface area contributed by atoms with Crippen LogP contribution in [0.2, 0.25) is 5.02 Å². The lowest BCUT2D eigenvalue weighted by atomic mass is 10.1. The Morgan fingerprint density at radius 2 is 1.80 bits per heavy atom. The van der Waals surface area contributed by atoms with Crippen LogP contribution in [0.25, 0.3) is 33.8 Å². The molecule has 6 nitrogen and oxygen atoms in total. The molecule has 0 aliphatic heterocycles.